The van der Waals surface area contributed by atoms with Crippen molar-refractivity contribution in [3.05, 3.63) is 121 Å². The number of rotatable bonds is 8. The number of hydrogen-bond acceptors (Lipinski definition) is 6. The Labute approximate surface area is 238 Å². The van der Waals surface area contributed by atoms with E-state index in [4.69, 9.17) is 16.3 Å². The lowest BCUT2D eigenvalue weighted by atomic mass is 9.82. The molecule has 0 aromatic heterocycles. The zero-order valence-electron chi connectivity index (χ0n) is 20.3. The van der Waals surface area contributed by atoms with E-state index >= 15 is 0 Å². The first-order valence-electron chi connectivity index (χ1n) is 11.6. The number of esters is 1. The number of ether oxygens (including phenoxy) is 1. The van der Waals surface area contributed by atoms with Gasteiger partial charge in [-0.25, -0.2) is 4.79 Å². The third-order valence-electron chi connectivity index (χ3n) is 5.76. The highest BCUT2D eigenvalue weighted by Crippen LogP contribution is 2.41. The van der Waals surface area contributed by atoms with E-state index in [1.165, 1.54) is 11.8 Å². The van der Waals surface area contributed by atoms with Crippen molar-refractivity contribution in [3.63, 3.8) is 0 Å². The van der Waals surface area contributed by atoms with E-state index in [1.807, 2.05) is 42.5 Å². The summed E-state index contributed by atoms with van der Waals surface area (Å²) < 4.78 is 6.56. The summed E-state index contributed by atoms with van der Waals surface area (Å²) in [5.41, 5.74) is 3.46. The highest BCUT2D eigenvalue weighted by molar-refractivity contribution is 9.10. The number of carbonyl (C=O) groups is 2. The summed E-state index contributed by atoms with van der Waals surface area (Å²) in [5.74, 6) is -1.36. The second-order valence-electron chi connectivity index (χ2n) is 8.41. The standard InChI is InChI=1S/C29H23BrClN3O3S/c1-18-26(29(36)37-16-19-5-3-2-4-6-19)27(20-7-11-22(31)12-8-20)24(15-32)28(33-18)38-17-25(35)34-23-13-9-21(30)10-14-23/h2-14,27,33H,16-17H2,1H3,(H,34,35)/t27-/m1/s1. The zero-order chi connectivity index (χ0) is 27.1. The van der Waals surface area contributed by atoms with Crippen molar-refractivity contribution in [1.29, 1.82) is 5.26 Å². The fraction of sp³-hybridized carbons (Fsp3) is 0.138. The van der Waals surface area contributed by atoms with Crippen LogP contribution in [0.25, 0.3) is 0 Å². The van der Waals surface area contributed by atoms with Crippen LogP contribution in [0.1, 0.15) is 24.0 Å². The van der Waals surface area contributed by atoms with Crippen molar-refractivity contribution >= 4 is 56.9 Å². The fourth-order valence-electron chi connectivity index (χ4n) is 3.95. The largest absolute Gasteiger partial charge is 0.457 e. The molecule has 3 aromatic rings. The summed E-state index contributed by atoms with van der Waals surface area (Å²) in [6, 6.07) is 25.9. The molecular formula is C29H23BrClN3O3S. The average Bonchev–Trinajstić information content (AvgIpc) is 2.92. The minimum Gasteiger partial charge on any atom is -0.457 e. The summed E-state index contributed by atoms with van der Waals surface area (Å²) >= 11 is 10.7. The maximum atomic E-state index is 13.3. The van der Waals surface area contributed by atoms with Crippen molar-refractivity contribution in [2.24, 2.45) is 0 Å². The molecule has 0 unspecified atom stereocenters. The topological polar surface area (TPSA) is 91.2 Å². The normalized spacial score (nSPS) is 14.9. The third kappa shape index (κ3) is 6.87. The summed E-state index contributed by atoms with van der Waals surface area (Å²) in [6.45, 7) is 1.87. The van der Waals surface area contributed by atoms with E-state index in [0.29, 0.717) is 32.6 Å². The van der Waals surface area contributed by atoms with Gasteiger partial charge < -0.3 is 15.4 Å². The smallest absolute Gasteiger partial charge is 0.337 e. The minimum atomic E-state index is -0.682. The number of allylic oxidation sites excluding steroid dienone is 2. The molecule has 38 heavy (non-hydrogen) atoms. The van der Waals surface area contributed by atoms with Crippen molar-refractivity contribution in [1.82, 2.24) is 5.32 Å². The number of thioether (sulfide) groups is 1. The Hall–Kier alpha value is -3.51. The van der Waals surface area contributed by atoms with Gasteiger partial charge in [0.1, 0.15) is 6.61 Å². The molecule has 3 aromatic carbocycles. The quantitative estimate of drug-likeness (QED) is 0.270. The lowest BCUT2D eigenvalue weighted by molar-refractivity contribution is -0.140. The van der Waals surface area contributed by atoms with Crippen molar-refractivity contribution in [3.8, 4) is 6.07 Å². The molecule has 0 bridgehead atoms. The van der Waals surface area contributed by atoms with Crippen LogP contribution in [0.4, 0.5) is 5.69 Å². The lowest BCUT2D eigenvalue weighted by Gasteiger charge is -2.29. The summed E-state index contributed by atoms with van der Waals surface area (Å²) in [5, 5.41) is 17.3. The molecule has 0 saturated heterocycles. The molecule has 9 heteroatoms. The molecule has 2 N–H and O–H groups in total. The Kier molecular flexibility index (Phi) is 9.29. The molecule has 0 saturated carbocycles. The third-order valence-corrected chi connectivity index (χ3v) is 7.56. The predicted molar refractivity (Wildman–Crippen MR) is 154 cm³/mol. The monoisotopic (exact) mass is 607 g/mol. The first kappa shape index (κ1) is 27.5. The Morgan fingerprint density at radius 2 is 1.76 bits per heavy atom. The first-order valence-corrected chi connectivity index (χ1v) is 13.8. The van der Waals surface area contributed by atoms with Crippen LogP contribution in [-0.2, 0) is 20.9 Å². The Morgan fingerprint density at radius 3 is 2.42 bits per heavy atom. The van der Waals surface area contributed by atoms with Crippen LogP contribution in [-0.4, -0.2) is 17.6 Å². The second-order valence-corrected chi connectivity index (χ2v) is 10.7. The van der Waals surface area contributed by atoms with Gasteiger partial charge in [0.2, 0.25) is 5.91 Å². The maximum absolute atomic E-state index is 13.3. The molecule has 0 spiro atoms. The van der Waals surface area contributed by atoms with Gasteiger partial charge in [0.25, 0.3) is 0 Å². The lowest BCUT2D eigenvalue weighted by Crippen LogP contribution is -2.29. The van der Waals surface area contributed by atoms with Crippen molar-refractivity contribution in [2.45, 2.75) is 19.4 Å². The van der Waals surface area contributed by atoms with E-state index in [2.05, 4.69) is 32.6 Å². The molecule has 0 radical (unpaired) electrons. The number of benzene rings is 3. The number of hydrogen-bond donors (Lipinski definition) is 2. The zero-order valence-corrected chi connectivity index (χ0v) is 23.5. The van der Waals surface area contributed by atoms with Crippen LogP contribution in [0.2, 0.25) is 5.02 Å². The molecule has 1 atom stereocenters. The van der Waals surface area contributed by atoms with Gasteiger partial charge in [-0.05, 0) is 54.4 Å². The van der Waals surface area contributed by atoms with Gasteiger partial charge in [0.15, 0.2) is 0 Å². The van der Waals surface area contributed by atoms with Gasteiger partial charge in [0.05, 0.1) is 33.9 Å². The van der Waals surface area contributed by atoms with E-state index in [-0.39, 0.29) is 18.3 Å². The molecule has 1 aliphatic rings. The van der Waals surface area contributed by atoms with Gasteiger partial charge >= 0.3 is 5.97 Å². The highest BCUT2D eigenvalue weighted by Gasteiger charge is 2.35. The van der Waals surface area contributed by atoms with Crippen LogP contribution in [0, 0.1) is 11.3 Å². The van der Waals surface area contributed by atoms with Crippen LogP contribution < -0.4 is 10.6 Å². The van der Waals surface area contributed by atoms with Gasteiger partial charge in [-0.15, -0.1) is 0 Å². The highest BCUT2D eigenvalue weighted by atomic mass is 79.9. The predicted octanol–water partition coefficient (Wildman–Crippen LogP) is 6.91. The van der Waals surface area contributed by atoms with E-state index in [9.17, 15) is 14.9 Å². The Morgan fingerprint density at radius 1 is 1.08 bits per heavy atom. The number of nitrogens with one attached hydrogen (secondary N) is 2. The average molecular weight is 609 g/mol. The molecule has 1 heterocycles. The Balaban J connectivity index is 1.58. The molecule has 1 aliphatic heterocycles. The van der Waals surface area contributed by atoms with Crippen molar-refractivity contribution < 1.29 is 14.3 Å². The van der Waals surface area contributed by atoms with Crippen LogP contribution in [0.15, 0.2) is 105 Å². The summed E-state index contributed by atoms with van der Waals surface area (Å²) in [7, 11) is 0. The molecule has 0 aliphatic carbocycles. The number of nitrogens with zero attached hydrogens (tertiary/aromatic N) is 1. The molecular weight excluding hydrogens is 586 g/mol. The molecule has 1 amide bonds. The molecule has 4 rings (SSSR count). The SMILES string of the molecule is CC1=C(C(=O)OCc2ccccc2)[C@H](c2ccc(Cl)cc2)C(C#N)=C(SCC(=O)Nc2ccc(Br)cc2)N1. The number of halogens is 2. The number of anilines is 1. The number of dihydropyridines is 1. The second kappa shape index (κ2) is 12.8. The van der Waals surface area contributed by atoms with Crippen molar-refractivity contribution in [2.75, 3.05) is 11.1 Å². The summed E-state index contributed by atoms with van der Waals surface area (Å²) in [6.07, 6.45) is 0. The number of amides is 1. The first-order chi connectivity index (χ1) is 18.4. The molecule has 192 valence electrons. The summed E-state index contributed by atoms with van der Waals surface area (Å²) in [4.78, 5) is 26.0. The number of nitriles is 1. The van der Waals surface area contributed by atoms with Gasteiger partial charge in [0, 0.05) is 20.9 Å². The van der Waals surface area contributed by atoms with Gasteiger partial charge in [-0.2, -0.15) is 5.26 Å². The molecule has 0 fully saturated rings. The fourth-order valence-corrected chi connectivity index (χ4v) is 5.24. The van der Waals surface area contributed by atoms with E-state index in [0.717, 1.165) is 15.6 Å². The van der Waals surface area contributed by atoms with E-state index in [1.54, 1.807) is 43.3 Å². The van der Waals surface area contributed by atoms with Gasteiger partial charge in [-0.3, -0.25) is 4.79 Å². The van der Waals surface area contributed by atoms with Crippen LogP contribution in [0.3, 0.4) is 0 Å². The maximum Gasteiger partial charge on any atom is 0.337 e. The van der Waals surface area contributed by atoms with Crippen LogP contribution >= 0.6 is 39.3 Å². The minimum absolute atomic E-state index is 0.0674. The van der Waals surface area contributed by atoms with Gasteiger partial charge in [-0.1, -0.05) is 81.8 Å². The van der Waals surface area contributed by atoms with Crippen LogP contribution in [0.5, 0.6) is 0 Å². The number of carbonyl (C=O) groups excluding carboxylic acids is 2. The van der Waals surface area contributed by atoms with E-state index < -0.39 is 11.9 Å². The Bertz CT molecular complexity index is 1430. The molecule has 6 nitrogen and oxygen atoms in total.